The summed E-state index contributed by atoms with van der Waals surface area (Å²) in [6, 6.07) is 6.02. The molecule has 0 bridgehead atoms. The summed E-state index contributed by atoms with van der Waals surface area (Å²) in [5.74, 6) is 0. The Morgan fingerprint density at radius 2 is 2.05 bits per heavy atom. The lowest BCUT2D eigenvalue weighted by molar-refractivity contribution is 0.479. The zero-order valence-electron chi connectivity index (χ0n) is 10.5. The minimum atomic E-state index is -0.104. The summed E-state index contributed by atoms with van der Waals surface area (Å²) in [5, 5.41) is 8.95. The first-order chi connectivity index (χ1) is 9.24. The zero-order valence-corrected chi connectivity index (χ0v) is 11.3. The van der Waals surface area contributed by atoms with Gasteiger partial charge in [0.25, 0.3) is 5.56 Å². The van der Waals surface area contributed by atoms with Gasteiger partial charge in [-0.1, -0.05) is 11.6 Å². The smallest absolute Gasteiger partial charge is 0.255 e. The second-order valence-electron chi connectivity index (χ2n) is 4.89. The van der Waals surface area contributed by atoms with E-state index in [4.69, 9.17) is 11.6 Å². The standard InChI is InChI=1S/C14H16ClN3O/c15-12-8-11-9(1-6-17-14(11)19)7-13(12)18-10-2-4-16-5-3-10/h1,6-8,10,16,18H,2-5H2,(H,17,19). The van der Waals surface area contributed by atoms with E-state index in [1.807, 2.05) is 12.1 Å². The van der Waals surface area contributed by atoms with Crippen LogP contribution in [0.2, 0.25) is 5.02 Å². The highest BCUT2D eigenvalue weighted by Gasteiger charge is 2.14. The fraction of sp³-hybridized carbons (Fsp3) is 0.357. The van der Waals surface area contributed by atoms with Crippen LogP contribution in [0.5, 0.6) is 0 Å². The van der Waals surface area contributed by atoms with Gasteiger partial charge in [-0.05, 0) is 49.5 Å². The van der Waals surface area contributed by atoms with Crippen molar-refractivity contribution in [3.63, 3.8) is 0 Å². The van der Waals surface area contributed by atoms with Crippen LogP contribution in [0, 0.1) is 0 Å². The predicted molar refractivity (Wildman–Crippen MR) is 79.1 cm³/mol. The largest absolute Gasteiger partial charge is 0.381 e. The van der Waals surface area contributed by atoms with Gasteiger partial charge >= 0.3 is 0 Å². The van der Waals surface area contributed by atoms with Gasteiger partial charge in [0.05, 0.1) is 10.7 Å². The number of nitrogens with one attached hydrogen (secondary N) is 3. The number of hydrogen-bond donors (Lipinski definition) is 3. The monoisotopic (exact) mass is 277 g/mol. The number of aromatic nitrogens is 1. The van der Waals surface area contributed by atoms with E-state index in [0.29, 0.717) is 16.5 Å². The predicted octanol–water partition coefficient (Wildman–Crippen LogP) is 2.35. The van der Waals surface area contributed by atoms with E-state index >= 15 is 0 Å². The van der Waals surface area contributed by atoms with E-state index in [2.05, 4.69) is 15.6 Å². The molecule has 0 atom stereocenters. The Morgan fingerprint density at radius 1 is 1.26 bits per heavy atom. The van der Waals surface area contributed by atoms with Gasteiger partial charge in [0, 0.05) is 17.6 Å². The molecule has 0 radical (unpaired) electrons. The molecule has 5 heteroatoms. The van der Waals surface area contributed by atoms with Crippen LogP contribution in [-0.2, 0) is 0 Å². The number of halogens is 1. The van der Waals surface area contributed by atoms with Crippen LogP contribution in [0.15, 0.2) is 29.2 Å². The molecule has 1 aliphatic heterocycles. The summed E-state index contributed by atoms with van der Waals surface area (Å²) >= 11 is 6.26. The van der Waals surface area contributed by atoms with Gasteiger partial charge in [-0.3, -0.25) is 4.79 Å². The number of anilines is 1. The van der Waals surface area contributed by atoms with Crippen molar-refractivity contribution in [1.29, 1.82) is 0 Å². The number of fused-ring (bicyclic) bond motifs is 1. The molecule has 19 heavy (non-hydrogen) atoms. The molecule has 1 aliphatic rings. The highest BCUT2D eigenvalue weighted by atomic mass is 35.5. The lowest BCUT2D eigenvalue weighted by Crippen LogP contribution is -2.35. The van der Waals surface area contributed by atoms with Crippen molar-refractivity contribution in [1.82, 2.24) is 10.3 Å². The highest BCUT2D eigenvalue weighted by molar-refractivity contribution is 6.34. The van der Waals surface area contributed by atoms with Crippen molar-refractivity contribution in [2.45, 2.75) is 18.9 Å². The van der Waals surface area contributed by atoms with E-state index in [9.17, 15) is 4.79 Å². The van der Waals surface area contributed by atoms with Crippen molar-refractivity contribution in [2.24, 2.45) is 0 Å². The maximum absolute atomic E-state index is 11.7. The van der Waals surface area contributed by atoms with Crippen LogP contribution in [0.4, 0.5) is 5.69 Å². The number of benzene rings is 1. The molecule has 0 unspecified atom stereocenters. The van der Waals surface area contributed by atoms with Crippen molar-refractivity contribution >= 4 is 28.1 Å². The fourth-order valence-electron chi connectivity index (χ4n) is 2.51. The number of rotatable bonds is 2. The second-order valence-corrected chi connectivity index (χ2v) is 5.30. The van der Waals surface area contributed by atoms with Crippen molar-refractivity contribution in [2.75, 3.05) is 18.4 Å². The Hall–Kier alpha value is -1.52. The first kappa shape index (κ1) is 12.5. The van der Waals surface area contributed by atoms with Crippen LogP contribution in [-0.4, -0.2) is 24.1 Å². The molecule has 1 aromatic carbocycles. The molecule has 3 N–H and O–H groups in total. The van der Waals surface area contributed by atoms with Crippen molar-refractivity contribution < 1.29 is 0 Å². The van der Waals surface area contributed by atoms with E-state index in [1.54, 1.807) is 12.3 Å². The Morgan fingerprint density at radius 3 is 2.84 bits per heavy atom. The molecule has 0 aliphatic carbocycles. The van der Waals surface area contributed by atoms with Crippen LogP contribution in [0.1, 0.15) is 12.8 Å². The molecule has 100 valence electrons. The average Bonchev–Trinajstić information content (AvgIpc) is 2.42. The highest BCUT2D eigenvalue weighted by Crippen LogP contribution is 2.27. The quantitative estimate of drug-likeness (QED) is 0.790. The summed E-state index contributed by atoms with van der Waals surface area (Å²) in [7, 11) is 0. The minimum absolute atomic E-state index is 0.104. The summed E-state index contributed by atoms with van der Waals surface area (Å²) in [4.78, 5) is 14.3. The Labute approximate surface area is 116 Å². The molecular formula is C14H16ClN3O. The molecule has 2 heterocycles. The van der Waals surface area contributed by atoms with Gasteiger partial charge in [0.15, 0.2) is 0 Å². The van der Waals surface area contributed by atoms with Gasteiger partial charge in [0.1, 0.15) is 0 Å². The summed E-state index contributed by atoms with van der Waals surface area (Å²) in [5.41, 5.74) is 0.805. The number of pyridine rings is 1. The van der Waals surface area contributed by atoms with Crippen LogP contribution in [0.3, 0.4) is 0 Å². The molecular weight excluding hydrogens is 262 g/mol. The van der Waals surface area contributed by atoms with Crippen LogP contribution in [0.25, 0.3) is 10.8 Å². The van der Waals surface area contributed by atoms with Gasteiger partial charge in [-0.15, -0.1) is 0 Å². The summed E-state index contributed by atoms with van der Waals surface area (Å²) in [6.07, 6.45) is 3.83. The number of hydrogen-bond acceptors (Lipinski definition) is 3. The lowest BCUT2D eigenvalue weighted by atomic mass is 10.1. The zero-order chi connectivity index (χ0) is 13.2. The lowest BCUT2D eigenvalue weighted by Gasteiger charge is -2.25. The Balaban J connectivity index is 1.95. The minimum Gasteiger partial charge on any atom is -0.381 e. The SMILES string of the molecule is O=c1[nH]ccc2cc(NC3CCNCC3)c(Cl)cc12. The number of piperidine rings is 1. The molecule has 0 saturated carbocycles. The maximum atomic E-state index is 11.7. The molecule has 0 spiro atoms. The molecule has 4 nitrogen and oxygen atoms in total. The third kappa shape index (κ3) is 2.60. The first-order valence-corrected chi connectivity index (χ1v) is 6.90. The van der Waals surface area contributed by atoms with Gasteiger partial charge in [-0.2, -0.15) is 0 Å². The van der Waals surface area contributed by atoms with E-state index in [0.717, 1.165) is 37.0 Å². The van der Waals surface area contributed by atoms with Gasteiger partial charge < -0.3 is 15.6 Å². The molecule has 0 amide bonds. The molecule has 1 aromatic heterocycles. The number of H-pyrrole nitrogens is 1. The maximum Gasteiger partial charge on any atom is 0.255 e. The van der Waals surface area contributed by atoms with Gasteiger partial charge in [0.2, 0.25) is 0 Å². The number of aromatic amines is 1. The van der Waals surface area contributed by atoms with Crippen LogP contribution < -0.4 is 16.2 Å². The van der Waals surface area contributed by atoms with Crippen molar-refractivity contribution in [3.8, 4) is 0 Å². The molecule has 3 rings (SSSR count). The Kier molecular flexibility index (Phi) is 3.44. The van der Waals surface area contributed by atoms with Crippen LogP contribution >= 0.6 is 11.6 Å². The molecule has 2 aromatic rings. The topological polar surface area (TPSA) is 56.9 Å². The van der Waals surface area contributed by atoms with E-state index < -0.39 is 0 Å². The third-order valence-corrected chi connectivity index (χ3v) is 3.87. The van der Waals surface area contributed by atoms with Gasteiger partial charge in [-0.25, -0.2) is 0 Å². The second kappa shape index (κ2) is 5.23. The van der Waals surface area contributed by atoms with E-state index in [1.165, 1.54) is 0 Å². The molecule has 1 fully saturated rings. The molecule has 1 saturated heterocycles. The Bertz CT molecular complexity index is 647. The fourth-order valence-corrected chi connectivity index (χ4v) is 2.72. The van der Waals surface area contributed by atoms with E-state index in [-0.39, 0.29) is 5.56 Å². The third-order valence-electron chi connectivity index (χ3n) is 3.56. The average molecular weight is 278 g/mol. The van der Waals surface area contributed by atoms with Crippen molar-refractivity contribution in [3.05, 3.63) is 39.8 Å². The summed E-state index contributed by atoms with van der Waals surface area (Å²) < 4.78 is 0. The first-order valence-electron chi connectivity index (χ1n) is 6.52. The normalized spacial score (nSPS) is 16.7. The summed E-state index contributed by atoms with van der Waals surface area (Å²) in [6.45, 7) is 2.06.